The van der Waals surface area contributed by atoms with Crippen LogP contribution in [0.3, 0.4) is 0 Å². The Morgan fingerprint density at radius 1 is 1.12 bits per heavy atom. The van der Waals surface area contributed by atoms with Crippen molar-refractivity contribution in [3.8, 4) is 0 Å². The summed E-state index contributed by atoms with van der Waals surface area (Å²) >= 11 is 12.0. The Balaban J connectivity index is 1.64. The van der Waals surface area contributed by atoms with E-state index >= 15 is 0 Å². The van der Waals surface area contributed by atoms with E-state index in [0.29, 0.717) is 5.02 Å². The summed E-state index contributed by atoms with van der Waals surface area (Å²) in [7, 11) is 0. The number of rotatable bonds is 4. The molecule has 0 saturated heterocycles. The fraction of sp³-hybridized carbons (Fsp3) is 0.143. The second-order valence-electron chi connectivity index (χ2n) is 7.30. The average Bonchev–Trinajstić information content (AvgIpc) is 2.75. The molecule has 1 aliphatic heterocycles. The van der Waals surface area contributed by atoms with Crippen LogP contribution >= 0.6 is 23.2 Å². The van der Waals surface area contributed by atoms with Crippen molar-refractivity contribution in [2.75, 3.05) is 16.0 Å². The van der Waals surface area contributed by atoms with E-state index in [1.54, 1.807) is 0 Å². The van der Waals surface area contributed by atoms with Gasteiger partial charge < -0.3 is 16.0 Å². The molecular formula is C21H14Cl2F3N5O3. The van der Waals surface area contributed by atoms with E-state index in [4.69, 9.17) is 23.2 Å². The molecule has 0 spiro atoms. The summed E-state index contributed by atoms with van der Waals surface area (Å²) in [5, 5.41) is 8.04. The number of halogens is 5. The zero-order chi connectivity index (χ0) is 24.6. The molecule has 4 rings (SSSR count). The number of amides is 2. The van der Waals surface area contributed by atoms with E-state index in [9.17, 15) is 27.6 Å². The lowest BCUT2D eigenvalue weighted by Gasteiger charge is -2.24. The molecule has 8 nitrogen and oxygen atoms in total. The van der Waals surface area contributed by atoms with Gasteiger partial charge in [0.1, 0.15) is 5.82 Å². The number of nitrogens with one attached hydrogen (secondary N) is 4. The van der Waals surface area contributed by atoms with Gasteiger partial charge >= 0.3 is 6.18 Å². The highest BCUT2D eigenvalue weighted by molar-refractivity contribution is 6.35. The normalized spacial score (nSPS) is 15.3. The van der Waals surface area contributed by atoms with Gasteiger partial charge in [-0.3, -0.25) is 19.4 Å². The fourth-order valence-corrected chi connectivity index (χ4v) is 3.71. The second kappa shape index (κ2) is 8.99. The van der Waals surface area contributed by atoms with Crippen molar-refractivity contribution >= 4 is 58.2 Å². The van der Waals surface area contributed by atoms with E-state index in [1.807, 2.05) is 0 Å². The fourth-order valence-electron chi connectivity index (χ4n) is 3.38. The maximum atomic E-state index is 13.0. The monoisotopic (exact) mass is 511 g/mol. The first-order valence-electron chi connectivity index (χ1n) is 9.65. The standard InChI is InChI=1S/C21H14Cl2F3N5O3/c22-10-4-5-13(23)14(7-10)28-18(33)12-8-15(32)29-17-16(12)19(34)31-20(30-17)27-11-3-1-2-9(6-11)21(24,25)26/h1-7,12H,8H2,(H,28,33)(H3,27,29,30,31,32,34). The smallest absolute Gasteiger partial charge is 0.326 e. The first-order chi connectivity index (χ1) is 16.0. The molecule has 34 heavy (non-hydrogen) atoms. The molecule has 176 valence electrons. The number of H-pyrrole nitrogens is 1. The van der Waals surface area contributed by atoms with Gasteiger partial charge in [0.05, 0.1) is 27.8 Å². The van der Waals surface area contributed by atoms with Crippen LogP contribution in [-0.2, 0) is 15.8 Å². The summed E-state index contributed by atoms with van der Waals surface area (Å²) < 4.78 is 38.9. The van der Waals surface area contributed by atoms with Crippen LogP contribution in [0.15, 0.2) is 47.3 Å². The number of aromatic nitrogens is 2. The summed E-state index contributed by atoms with van der Waals surface area (Å²) in [5.74, 6) is -2.87. The SMILES string of the molecule is O=C1CC(C(=O)Nc2cc(Cl)ccc2Cl)c2c(nc(Nc3cccc(C(F)(F)F)c3)[nH]c2=O)N1. The number of anilines is 4. The predicted octanol–water partition coefficient (Wildman–Crippen LogP) is 4.90. The summed E-state index contributed by atoms with van der Waals surface area (Å²) in [6, 6.07) is 8.67. The highest BCUT2D eigenvalue weighted by atomic mass is 35.5. The van der Waals surface area contributed by atoms with E-state index in [1.165, 1.54) is 30.3 Å². The number of benzene rings is 2. The molecule has 3 aromatic rings. The largest absolute Gasteiger partial charge is 0.416 e. The topological polar surface area (TPSA) is 116 Å². The molecule has 2 heterocycles. The van der Waals surface area contributed by atoms with Crippen molar-refractivity contribution < 1.29 is 22.8 Å². The molecule has 1 unspecified atom stereocenters. The Bertz CT molecular complexity index is 1360. The lowest BCUT2D eigenvalue weighted by Crippen LogP contribution is -2.36. The third kappa shape index (κ3) is 5.00. The van der Waals surface area contributed by atoms with Crippen LogP contribution in [0.1, 0.15) is 23.5 Å². The lowest BCUT2D eigenvalue weighted by molar-refractivity contribution is -0.137. The summed E-state index contributed by atoms with van der Waals surface area (Å²) in [6.07, 6.45) is -4.89. The van der Waals surface area contributed by atoms with Gasteiger partial charge in [-0.05, 0) is 36.4 Å². The molecular weight excluding hydrogens is 498 g/mol. The number of nitrogens with zero attached hydrogens (tertiary/aromatic N) is 1. The molecule has 13 heteroatoms. The molecule has 1 atom stereocenters. The number of hydrogen-bond acceptors (Lipinski definition) is 5. The molecule has 0 radical (unpaired) electrons. The van der Waals surface area contributed by atoms with Gasteiger partial charge in [-0.2, -0.15) is 18.2 Å². The molecule has 1 aromatic heterocycles. The van der Waals surface area contributed by atoms with Gasteiger partial charge in [0.15, 0.2) is 0 Å². The molecule has 2 amide bonds. The van der Waals surface area contributed by atoms with Crippen molar-refractivity contribution in [2.45, 2.75) is 18.5 Å². The van der Waals surface area contributed by atoms with Crippen LogP contribution in [-0.4, -0.2) is 21.8 Å². The quantitative estimate of drug-likeness (QED) is 0.397. The Hall–Kier alpha value is -3.57. The van der Waals surface area contributed by atoms with Gasteiger partial charge in [-0.25, -0.2) is 0 Å². The Morgan fingerprint density at radius 2 is 1.88 bits per heavy atom. The molecule has 0 aliphatic carbocycles. The van der Waals surface area contributed by atoms with Gasteiger partial charge in [0, 0.05) is 17.1 Å². The van der Waals surface area contributed by atoms with Crippen molar-refractivity contribution in [2.24, 2.45) is 0 Å². The van der Waals surface area contributed by atoms with Crippen LogP contribution in [0.5, 0.6) is 0 Å². The van der Waals surface area contributed by atoms with Gasteiger partial charge in [-0.15, -0.1) is 0 Å². The van der Waals surface area contributed by atoms with Crippen LogP contribution in [0.25, 0.3) is 0 Å². The average molecular weight is 512 g/mol. The minimum absolute atomic E-state index is 0.00459. The Morgan fingerprint density at radius 3 is 2.62 bits per heavy atom. The van der Waals surface area contributed by atoms with Gasteiger partial charge in [-0.1, -0.05) is 29.3 Å². The van der Waals surface area contributed by atoms with E-state index in [-0.39, 0.29) is 40.1 Å². The minimum Gasteiger partial charge on any atom is -0.326 e. The second-order valence-corrected chi connectivity index (χ2v) is 8.14. The summed E-state index contributed by atoms with van der Waals surface area (Å²) in [4.78, 5) is 44.4. The van der Waals surface area contributed by atoms with Gasteiger partial charge in [0.2, 0.25) is 17.8 Å². The number of alkyl halides is 3. The number of carbonyl (C=O) groups excluding carboxylic acids is 2. The number of hydrogen-bond donors (Lipinski definition) is 4. The molecule has 1 aliphatic rings. The van der Waals surface area contributed by atoms with Crippen LogP contribution in [0, 0.1) is 0 Å². The van der Waals surface area contributed by atoms with E-state index in [0.717, 1.165) is 12.1 Å². The Kier molecular flexibility index (Phi) is 6.24. The van der Waals surface area contributed by atoms with Crippen molar-refractivity contribution in [1.82, 2.24) is 9.97 Å². The third-order valence-corrected chi connectivity index (χ3v) is 5.47. The first-order valence-corrected chi connectivity index (χ1v) is 10.4. The molecule has 2 aromatic carbocycles. The maximum Gasteiger partial charge on any atom is 0.416 e. The lowest BCUT2D eigenvalue weighted by atomic mass is 9.92. The highest BCUT2D eigenvalue weighted by Crippen LogP contribution is 2.33. The minimum atomic E-state index is -4.56. The first kappa shape index (κ1) is 23.6. The van der Waals surface area contributed by atoms with Crippen molar-refractivity contribution in [3.63, 3.8) is 0 Å². The number of aromatic amines is 1. The van der Waals surface area contributed by atoms with E-state index in [2.05, 4.69) is 25.9 Å². The Labute approximate surface area is 199 Å². The molecule has 0 bridgehead atoms. The number of carbonyl (C=O) groups is 2. The van der Waals surface area contributed by atoms with Crippen LogP contribution < -0.4 is 21.5 Å². The van der Waals surface area contributed by atoms with Crippen molar-refractivity contribution in [1.29, 1.82) is 0 Å². The zero-order valence-corrected chi connectivity index (χ0v) is 18.4. The van der Waals surface area contributed by atoms with E-state index < -0.39 is 35.0 Å². The van der Waals surface area contributed by atoms with Crippen molar-refractivity contribution in [3.05, 3.63) is 74.0 Å². The zero-order valence-electron chi connectivity index (χ0n) is 16.9. The molecule has 0 saturated carbocycles. The predicted molar refractivity (Wildman–Crippen MR) is 121 cm³/mol. The summed E-state index contributed by atoms with van der Waals surface area (Å²) in [6.45, 7) is 0. The number of fused-ring (bicyclic) bond motifs is 1. The van der Waals surface area contributed by atoms with Gasteiger partial charge in [0.25, 0.3) is 5.56 Å². The molecule has 4 N–H and O–H groups in total. The molecule has 0 fully saturated rings. The highest BCUT2D eigenvalue weighted by Gasteiger charge is 2.35. The third-order valence-electron chi connectivity index (χ3n) is 4.91. The van der Waals surface area contributed by atoms with Crippen LogP contribution in [0.2, 0.25) is 10.0 Å². The summed E-state index contributed by atoms with van der Waals surface area (Å²) in [5.41, 5.74) is -1.56. The van der Waals surface area contributed by atoms with Crippen LogP contribution in [0.4, 0.5) is 36.3 Å². The maximum absolute atomic E-state index is 13.0.